The van der Waals surface area contributed by atoms with Crippen molar-refractivity contribution in [3.05, 3.63) is 71.3 Å². The highest BCUT2D eigenvalue weighted by molar-refractivity contribution is 5.95. The van der Waals surface area contributed by atoms with Crippen LogP contribution in [0.5, 0.6) is 0 Å². The van der Waals surface area contributed by atoms with Gasteiger partial charge in [0.05, 0.1) is 0 Å². The maximum Gasteiger partial charge on any atom is 0.251 e. The van der Waals surface area contributed by atoms with Crippen LogP contribution in [0.3, 0.4) is 0 Å². The van der Waals surface area contributed by atoms with Gasteiger partial charge in [-0.1, -0.05) is 55.5 Å². The van der Waals surface area contributed by atoms with Gasteiger partial charge in [-0.2, -0.15) is 0 Å². The van der Waals surface area contributed by atoms with E-state index in [0.717, 1.165) is 30.5 Å². The summed E-state index contributed by atoms with van der Waals surface area (Å²) in [4.78, 5) is 12.4. The van der Waals surface area contributed by atoms with Crippen molar-refractivity contribution >= 4 is 5.91 Å². The fraction of sp³-hybridized carbons (Fsp3) is 0.350. The second kappa shape index (κ2) is 9.11. The molecule has 0 aliphatic rings. The largest absolute Gasteiger partial charge is 0.350 e. The van der Waals surface area contributed by atoms with Crippen LogP contribution in [0, 0.1) is 0 Å². The van der Waals surface area contributed by atoms with Gasteiger partial charge in [-0.15, -0.1) is 0 Å². The molecule has 0 spiro atoms. The van der Waals surface area contributed by atoms with Crippen LogP contribution in [0.4, 0.5) is 0 Å². The molecule has 2 aromatic carbocycles. The summed E-state index contributed by atoms with van der Waals surface area (Å²) < 4.78 is 0. The van der Waals surface area contributed by atoms with Gasteiger partial charge in [0.2, 0.25) is 0 Å². The van der Waals surface area contributed by atoms with Gasteiger partial charge >= 0.3 is 0 Å². The highest BCUT2D eigenvalue weighted by Crippen LogP contribution is 2.12. The Bertz CT molecular complexity index is 610. The first-order valence-electron chi connectivity index (χ1n) is 8.34. The van der Waals surface area contributed by atoms with Crippen molar-refractivity contribution in [1.82, 2.24) is 10.6 Å². The molecule has 0 aromatic heterocycles. The Balaban J connectivity index is 1.97. The lowest BCUT2D eigenvalue weighted by molar-refractivity contribution is 0.0949. The van der Waals surface area contributed by atoms with Gasteiger partial charge in [0.25, 0.3) is 5.91 Å². The van der Waals surface area contributed by atoms with Crippen molar-refractivity contribution in [3.8, 4) is 0 Å². The molecule has 2 aromatic rings. The van der Waals surface area contributed by atoms with E-state index in [2.05, 4.69) is 48.7 Å². The molecule has 0 heterocycles. The lowest BCUT2D eigenvalue weighted by Crippen LogP contribution is -2.39. The Morgan fingerprint density at radius 2 is 1.70 bits per heavy atom. The number of amides is 1. The monoisotopic (exact) mass is 310 g/mol. The second-order valence-corrected chi connectivity index (χ2v) is 5.81. The minimum Gasteiger partial charge on any atom is -0.350 e. The Hall–Kier alpha value is -2.13. The summed E-state index contributed by atoms with van der Waals surface area (Å²) in [7, 11) is 0. The number of hydrogen-bond donors (Lipinski definition) is 2. The Labute approximate surface area is 139 Å². The first-order chi connectivity index (χ1) is 11.2. The second-order valence-electron chi connectivity index (χ2n) is 5.81. The van der Waals surface area contributed by atoms with Crippen LogP contribution in [0.15, 0.2) is 54.6 Å². The van der Waals surface area contributed by atoms with E-state index in [0.29, 0.717) is 6.54 Å². The number of likely N-dealkylation sites (N-methyl/N-ethyl adjacent to an activating group) is 1. The molecule has 1 atom stereocenters. The average Bonchev–Trinajstić information content (AvgIpc) is 2.59. The smallest absolute Gasteiger partial charge is 0.251 e. The number of carbonyl (C=O) groups is 1. The molecule has 1 amide bonds. The summed E-state index contributed by atoms with van der Waals surface area (Å²) in [6, 6.07) is 18.5. The van der Waals surface area contributed by atoms with Gasteiger partial charge < -0.3 is 10.6 Å². The topological polar surface area (TPSA) is 41.1 Å². The van der Waals surface area contributed by atoms with Gasteiger partial charge in [-0.3, -0.25) is 4.79 Å². The molecule has 0 aliphatic carbocycles. The van der Waals surface area contributed by atoms with E-state index >= 15 is 0 Å². The normalized spacial score (nSPS) is 11.9. The Kier molecular flexibility index (Phi) is 6.82. The minimum absolute atomic E-state index is 0.0124. The van der Waals surface area contributed by atoms with E-state index in [1.54, 1.807) is 0 Å². The SMILES string of the molecule is CCN[C@H](C)CNC(=O)c1ccccc1CCc1ccccc1. The summed E-state index contributed by atoms with van der Waals surface area (Å²) in [6.07, 6.45) is 1.81. The summed E-state index contributed by atoms with van der Waals surface area (Å²) in [6.45, 7) is 5.69. The molecule has 0 saturated heterocycles. The van der Waals surface area contributed by atoms with Crippen LogP contribution in [-0.2, 0) is 12.8 Å². The Morgan fingerprint density at radius 3 is 2.43 bits per heavy atom. The molecule has 122 valence electrons. The lowest BCUT2D eigenvalue weighted by Gasteiger charge is -2.15. The maximum atomic E-state index is 12.4. The maximum absolute atomic E-state index is 12.4. The third kappa shape index (κ3) is 5.53. The van der Waals surface area contributed by atoms with E-state index in [9.17, 15) is 4.79 Å². The molecular weight excluding hydrogens is 284 g/mol. The molecule has 0 fully saturated rings. The number of rotatable bonds is 8. The van der Waals surface area contributed by atoms with Crippen LogP contribution in [0.25, 0.3) is 0 Å². The van der Waals surface area contributed by atoms with Crippen molar-refractivity contribution in [2.24, 2.45) is 0 Å². The fourth-order valence-electron chi connectivity index (χ4n) is 2.65. The van der Waals surface area contributed by atoms with Gasteiger partial charge in [-0.05, 0) is 43.5 Å². The number of aryl methyl sites for hydroxylation is 2. The van der Waals surface area contributed by atoms with Gasteiger partial charge in [0.1, 0.15) is 0 Å². The van der Waals surface area contributed by atoms with Crippen molar-refractivity contribution in [3.63, 3.8) is 0 Å². The van der Waals surface area contributed by atoms with Crippen LogP contribution in [-0.4, -0.2) is 25.0 Å². The molecule has 0 aliphatic heterocycles. The highest BCUT2D eigenvalue weighted by atomic mass is 16.1. The molecule has 2 N–H and O–H groups in total. The average molecular weight is 310 g/mol. The van der Waals surface area contributed by atoms with E-state index in [4.69, 9.17) is 0 Å². The van der Waals surface area contributed by atoms with E-state index < -0.39 is 0 Å². The summed E-state index contributed by atoms with van der Waals surface area (Å²) in [5.41, 5.74) is 3.18. The Morgan fingerprint density at radius 1 is 1.00 bits per heavy atom. The zero-order valence-electron chi connectivity index (χ0n) is 14.0. The predicted molar refractivity (Wildman–Crippen MR) is 95.8 cm³/mol. The van der Waals surface area contributed by atoms with E-state index in [-0.39, 0.29) is 11.9 Å². The molecule has 0 radical (unpaired) electrons. The summed E-state index contributed by atoms with van der Waals surface area (Å²) in [5, 5.41) is 6.32. The lowest BCUT2D eigenvalue weighted by atomic mass is 9.99. The van der Waals surface area contributed by atoms with E-state index in [1.165, 1.54) is 5.56 Å². The van der Waals surface area contributed by atoms with Crippen LogP contribution < -0.4 is 10.6 Å². The van der Waals surface area contributed by atoms with Crippen molar-refractivity contribution in [2.45, 2.75) is 32.7 Å². The number of hydrogen-bond acceptors (Lipinski definition) is 2. The molecule has 0 bridgehead atoms. The zero-order valence-corrected chi connectivity index (χ0v) is 14.0. The molecular formula is C20H26N2O. The highest BCUT2D eigenvalue weighted by Gasteiger charge is 2.11. The third-order valence-corrected chi connectivity index (χ3v) is 3.91. The van der Waals surface area contributed by atoms with Gasteiger partial charge in [-0.25, -0.2) is 0 Å². The zero-order chi connectivity index (χ0) is 16.5. The van der Waals surface area contributed by atoms with Crippen LogP contribution in [0.2, 0.25) is 0 Å². The number of benzene rings is 2. The van der Waals surface area contributed by atoms with Gasteiger partial charge in [0, 0.05) is 18.2 Å². The van der Waals surface area contributed by atoms with Crippen molar-refractivity contribution in [2.75, 3.05) is 13.1 Å². The van der Waals surface area contributed by atoms with Crippen molar-refractivity contribution < 1.29 is 4.79 Å². The van der Waals surface area contributed by atoms with Crippen LogP contribution >= 0.6 is 0 Å². The molecule has 23 heavy (non-hydrogen) atoms. The summed E-state index contributed by atoms with van der Waals surface area (Å²) in [5.74, 6) is 0.0124. The quantitative estimate of drug-likeness (QED) is 0.786. The van der Waals surface area contributed by atoms with E-state index in [1.807, 2.05) is 30.3 Å². The minimum atomic E-state index is 0.0124. The summed E-state index contributed by atoms with van der Waals surface area (Å²) >= 11 is 0. The number of nitrogens with one attached hydrogen (secondary N) is 2. The van der Waals surface area contributed by atoms with Crippen LogP contribution in [0.1, 0.15) is 35.3 Å². The first kappa shape index (κ1) is 17.2. The van der Waals surface area contributed by atoms with Gasteiger partial charge in [0.15, 0.2) is 0 Å². The molecule has 0 saturated carbocycles. The molecule has 3 heteroatoms. The number of carbonyl (C=O) groups excluding carboxylic acids is 1. The molecule has 0 unspecified atom stereocenters. The standard InChI is InChI=1S/C20H26N2O/c1-3-21-16(2)15-22-20(23)19-12-8-7-11-18(19)14-13-17-9-5-4-6-10-17/h4-12,16,21H,3,13-15H2,1-2H3,(H,22,23)/t16-/m1/s1. The molecule has 3 nitrogen and oxygen atoms in total. The third-order valence-electron chi connectivity index (χ3n) is 3.91. The fourth-order valence-corrected chi connectivity index (χ4v) is 2.65. The van der Waals surface area contributed by atoms with Crippen molar-refractivity contribution in [1.29, 1.82) is 0 Å². The molecule has 2 rings (SSSR count). The first-order valence-corrected chi connectivity index (χ1v) is 8.34. The predicted octanol–water partition coefficient (Wildman–Crippen LogP) is 3.20.